The molecule has 1 saturated carbocycles. The SMILES string of the molecule is O=C(O)Cn1ccc(NC(=O)[C@H]2C[C@@H]2c2ccc(Cl)cc2Cl)n1. The molecule has 3 rings (SSSR count). The summed E-state index contributed by atoms with van der Waals surface area (Å²) in [7, 11) is 0. The molecule has 120 valence electrons. The first kappa shape index (κ1) is 15.8. The van der Waals surface area contributed by atoms with E-state index in [0.29, 0.717) is 22.3 Å². The molecule has 0 saturated heterocycles. The number of carbonyl (C=O) groups excluding carboxylic acids is 1. The molecule has 0 bridgehead atoms. The average Bonchev–Trinajstić information content (AvgIpc) is 3.13. The largest absolute Gasteiger partial charge is 0.480 e. The smallest absolute Gasteiger partial charge is 0.325 e. The maximum Gasteiger partial charge on any atom is 0.325 e. The van der Waals surface area contributed by atoms with Gasteiger partial charge in [-0.05, 0) is 30.0 Å². The topological polar surface area (TPSA) is 84.2 Å². The number of halogens is 2. The Morgan fingerprint density at radius 1 is 1.35 bits per heavy atom. The van der Waals surface area contributed by atoms with Gasteiger partial charge >= 0.3 is 5.97 Å². The van der Waals surface area contributed by atoms with Crippen molar-refractivity contribution in [3.8, 4) is 0 Å². The number of benzene rings is 1. The van der Waals surface area contributed by atoms with Gasteiger partial charge in [-0.1, -0.05) is 29.3 Å². The van der Waals surface area contributed by atoms with E-state index in [1.165, 1.54) is 10.9 Å². The second-order valence-corrected chi connectivity index (χ2v) is 6.24. The number of amides is 1. The van der Waals surface area contributed by atoms with E-state index in [0.717, 1.165) is 5.56 Å². The van der Waals surface area contributed by atoms with E-state index in [9.17, 15) is 9.59 Å². The van der Waals surface area contributed by atoms with Crippen LogP contribution in [0.2, 0.25) is 10.0 Å². The number of carboxylic acid groups (broad SMARTS) is 1. The van der Waals surface area contributed by atoms with E-state index in [4.69, 9.17) is 28.3 Å². The molecule has 1 heterocycles. The second-order valence-electron chi connectivity index (χ2n) is 5.40. The summed E-state index contributed by atoms with van der Waals surface area (Å²) in [5.74, 6) is -0.907. The van der Waals surface area contributed by atoms with Crippen molar-refractivity contribution in [2.75, 3.05) is 5.32 Å². The van der Waals surface area contributed by atoms with Crippen molar-refractivity contribution in [3.05, 3.63) is 46.1 Å². The van der Waals surface area contributed by atoms with Crippen LogP contribution in [-0.2, 0) is 16.1 Å². The molecule has 1 fully saturated rings. The molecule has 0 aliphatic heterocycles. The predicted octanol–water partition coefficient (Wildman–Crippen LogP) is 3.02. The number of hydrogen-bond acceptors (Lipinski definition) is 3. The molecule has 1 aliphatic carbocycles. The number of aliphatic carboxylic acids is 1. The Bertz CT molecular complexity index is 775. The number of nitrogens with zero attached hydrogens (tertiary/aromatic N) is 2. The fraction of sp³-hybridized carbons (Fsp3) is 0.267. The van der Waals surface area contributed by atoms with Crippen LogP contribution in [0.3, 0.4) is 0 Å². The predicted molar refractivity (Wildman–Crippen MR) is 85.8 cm³/mol. The number of rotatable bonds is 5. The van der Waals surface area contributed by atoms with Crippen molar-refractivity contribution < 1.29 is 14.7 Å². The van der Waals surface area contributed by atoms with Gasteiger partial charge in [0, 0.05) is 28.2 Å². The quantitative estimate of drug-likeness (QED) is 0.865. The van der Waals surface area contributed by atoms with Crippen LogP contribution in [0.4, 0.5) is 5.82 Å². The first-order valence-electron chi connectivity index (χ1n) is 6.95. The molecular formula is C15H13Cl2N3O3. The molecule has 8 heteroatoms. The van der Waals surface area contributed by atoms with Crippen LogP contribution < -0.4 is 5.32 Å². The molecule has 6 nitrogen and oxygen atoms in total. The molecule has 23 heavy (non-hydrogen) atoms. The minimum absolute atomic E-state index is 0.0703. The van der Waals surface area contributed by atoms with Crippen molar-refractivity contribution in [2.24, 2.45) is 5.92 Å². The van der Waals surface area contributed by atoms with Crippen LogP contribution in [-0.4, -0.2) is 26.8 Å². The fourth-order valence-electron chi connectivity index (χ4n) is 2.50. The van der Waals surface area contributed by atoms with Gasteiger partial charge in [0.15, 0.2) is 5.82 Å². The van der Waals surface area contributed by atoms with Crippen molar-refractivity contribution in [3.63, 3.8) is 0 Å². The minimum atomic E-state index is -0.995. The molecule has 0 radical (unpaired) electrons. The maximum absolute atomic E-state index is 12.2. The minimum Gasteiger partial charge on any atom is -0.480 e. The summed E-state index contributed by atoms with van der Waals surface area (Å²) in [4.78, 5) is 22.8. The van der Waals surface area contributed by atoms with Crippen LogP contribution in [0, 0.1) is 5.92 Å². The zero-order chi connectivity index (χ0) is 16.6. The number of carbonyl (C=O) groups is 2. The Morgan fingerprint density at radius 2 is 2.13 bits per heavy atom. The van der Waals surface area contributed by atoms with Crippen molar-refractivity contribution in [2.45, 2.75) is 18.9 Å². The third-order valence-electron chi connectivity index (χ3n) is 3.68. The molecule has 1 aliphatic rings. The van der Waals surface area contributed by atoms with Gasteiger partial charge in [-0.3, -0.25) is 14.3 Å². The van der Waals surface area contributed by atoms with Crippen LogP contribution in [0.1, 0.15) is 17.9 Å². The lowest BCUT2D eigenvalue weighted by Crippen LogP contribution is -2.16. The Kier molecular flexibility index (Phi) is 4.28. The lowest BCUT2D eigenvalue weighted by atomic mass is 10.1. The van der Waals surface area contributed by atoms with Gasteiger partial charge in [0.25, 0.3) is 0 Å². The lowest BCUT2D eigenvalue weighted by Gasteiger charge is -2.04. The van der Waals surface area contributed by atoms with Crippen LogP contribution in [0.25, 0.3) is 0 Å². The molecule has 2 N–H and O–H groups in total. The Balaban J connectivity index is 1.62. The van der Waals surface area contributed by atoms with Gasteiger partial charge in [0.1, 0.15) is 6.54 Å². The summed E-state index contributed by atoms with van der Waals surface area (Å²) in [6, 6.07) is 6.82. The number of aromatic nitrogens is 2. The first-order chi connectivity index (χ1) is 10.9. The van der Waals surface area contributed by atoms with Crippen LogP contribution in [0.5, 0.6) is 0 Å². The molecule has 0 unspecified atom stereocenters. The number of carboxylic acids is 1. The highest BCUT2D eigenvalue weighted by atomic mass is 35.5. The zero-order valence-electron chi connectivity index (χ0n) is 11.9. The third kappa shape index (κ3) is 3.65. The number of anilines is 1. The highest BCUT2D eigenvalue weighted by Crippen LogP contribution is 2.50. The van der Waals surface area contributed by atoms with Gasteiger partial charge in [-0.2, -0.15) is 5.10 Å². The molecular weight excluding hydrogens is 341 g/mol. The van der Waals surface area contributed by atoms with Crippen LogP contribution in [0.15, 0.2) is 30.5 Å². The van der Waals surface area contributed by atoms with E-state index in [1.807, 2.05) is 6.07 Å². The zero-order valence-corrected chi connectivity index (χ0v) is 13.4. The number of hydrogen-bond donors (Lipinski definition) is 2. The number of nitrogens with one attached hydrogen (secondary N) is 1. The summed E-state index contributed by atoms with van der Waals surface area (Å²) in [6.45, 7) is -0.248. The fourth-order valence-corrected chi connectivity index (χ4v) is 3.05. The first-order valence-corrected chi connectivity index (χ1v) is 7.70. The molecule has 1 aromatic carbocycles. The van der Waals surface area contributed by atoms with E-state index in [1.54, 1.807) is 18.2 Å². The highest BCUT2D eigenvalue weighted by molar-refractivity contribution is 6.35. The van der Waals surface area contributed by atoms with Crippen molar-refractivity contribution in [1.82, 2.24) is 9.78 Å². The Hall–Kier alpha value is -2.05. The van der Waals surface area contributed by atoms with E-state index < -0.39 is 5.97 Å². The summed E-state index contributed by atoms with van der Waals surface area (Å²) < 4.78 is 1.25. The van der Waals surface area contributed by atoms with Gasteiger partial charge in [0.2, 0.25) is 5.91 Å². The van der Waals surface area contributed by atoms with Crippen LogP contribution >= 0.6 is 23.2 Å². The Morgan fingerprint density at radius 3 is 2.83 bits per heavy atom. The third-order valence-corrected chi connectivity index (χ3v) is 4.24. The summed E-state index contributed by atoms with van der Waals surface area (Å²) in [5, 5.41) is 16.5. The standard InChI is InChI=1S/C15H13Cl2N3O3/c16-8-1-2-9(12(17)5-8)10-6-11(10)15(23)18-13-3-4-20(19-13)7-14(21)22/h1-5,10-11H,6-7H2,(H,21,22)(H,18,19,23)/t10-,11+/m1/s1. The Labute approximate surface area is 142 Å². The van der Waals surface area contributed by atoms with E-state index in [2.05, 4.69) is 10.4 Å². The molecule has 1 amide bonds. The van der Waals surface area contributed by atoms with Gasteiger partial charge in [-0.25, -0.2) is 0 Å². The van der Waals surface area contributed by atoms with Gasteiger partial charge in [-0.15, -0.1) is 0 Å². The average molecular weight is 354 g/mol. The summed E-state index contributed by atoms with van der Waals surface area (Å²) in [6.07, 6.45) is 2.22. The van der Waals surface area contributed by atoms with E-state index >= 15 is 0 Å². The second kappa shape index (κ2) is 6.22. The van der Waals surface area contributed by atoms with Gasteiger partial charge in [0.05, 0.1) is 0 Å². The molecule has 2 atom stereocenters. The lowest BCUT2D eigenvalue weighted by molar-refractivity contribution is -0.137. The maximum atomic E-state index is 12.2. The summed E-state index contributed by atoms with van der Waals surface area (Å²) >= 11 is 12.0. The molecule has 2 aromatic rings. The van der Waals surface area contributed by atoms with Crippen molar-refractivity contribution in [1.29, 1.82) is 0 Å². The van der Waals surface area contributed by atoms with Crippen molar-refractivity contribution >= 4 is 40.9 Å². The molecule has 1 aromatic heterocycles. The normalized spacial score (nSPS) is 19.4. The molecule has 0 spiro atoms. The monoisotopic (exact) mass is 353 g/mol. The highest BCUT2D eigenvalue weighted by Gasteiger charge is 2.45. The summed E-state index contributed by atoms with van der Waals surface area (Å²) in [5.41, 5.74) is 0.910. The van der Waals surface area contributed by atoms with Gasteiger partial charge < -0.3 is 10.4 Å². The van der Waals surface area contributed by atoms with E-state index in [-0.39, 0.29) is 24.3 Å².